The van der Waals surface area contributed by atoms with E-state index in [1.807, 2.05) is 0 Å². The number of benzene rings is 1. The third-order valence-electron chi connectivity index (χ3n) is 6.11. The fourth-order valence-electron chi connectivity index (χ4n) is 5.60. The molecule has 4 aliphatic carbocycles. The molecule has 4 saturated carbocycles. The van der Waals surface area contributed by atoms with Gasteiger partial charge < -0.3 is 10.1 Å². The Morgan fingerprint density at radius 2 is 1.62 bits per heavy atom. The predicted octanol–water partition coefficient (Wildman–Crippen LogP) is 4.58. The maximum absolute atomic E-state index is 12.5. The molecule has 0 unspecified atom stereocenters. The van der Waals surface area contributed by atoms with E-state index in [2.05, 4.69) is 10.6 Å². The Morgan fingerprint density at radius 1 is 1.12 bits per heavy atom. The quantitative estimate of drug-likeness (QED) is 0.713. The maximum atomic E-state index is 12.5. The molecule has 0 saturated heterocycles. The van der Waals surface area contributed by atoms with Gasteiger partial charge in [-0.25, -0.2) is 0 Å². The van der Waals surface area contributed by atoms with Crippen molar-refractivity contribution in [1.29, 1.82) is 0 Å². The molecule has 0 aliphatic heterocycles. The highest BCUT2D eigenvalue weighted by Gasteiger charge is 2.51. The van der Waals surface area contributed by atoms with Crippen molar-refractivity contribution in [2.75, 3.05) is 7.11 Å². The van der Waals surface area contributed by atoms with Gasteiger partial charge in [0.05, 0.1) is 17.2 Å². The average molecular weight is 413 g/mol. The van der Waals surface area contributed by atoms with E-state index in [0.29, 0.717) is 26.5 Å². The molecule has 1 aromatic carbocycles. The van der Waals surface area contributed by atoms with Crippen molar-refractivity contribution in [2.24, 2.45) is 17.8 Å². The number of methoxy groups -OCH3 is 1. The summed E-state index contributed by atoms with van der Waals surface area (Å²) in [7, 11) is 1.48. The van der Waals surface area contributed by atoms with E-state index in [9.17, 15) is 4.79 Å². The van der Waals surface area contributed by atoms with E-state index in [-0.39, 0.29) is 11.4 Å². The van der Waals surface area contributed by atoms with Gasteiger partial charge in [0.2, 0.25) is 0 Å². The van der Waals surface area contributed by atoms with Crippen LogP contribution in [0.25, 0.3) is 0 Å². The van der Waals surface area contributed by atoms with Crippen LogP contribution in [0.2, 0.25) is 10.0 Å². The summed E-state index contributed by atoms with van der Waals surface area (Å²) in [6.07, 6.45) is 7.58. The second-order valence-corrected chi connectivity index (χ2v) is 9.30. The van der Waals surface area contributed by atoms with E-state index in [1.54, 1.807) is 0 Å². The lowest BCUT2D eigenvalue weighted by Gasteiger charge is -2.57. The number of amides is 1. The SMILES string of the molecule is COc1c(Cl)cc(C(=O)NC(=S)NC23CC4CC(CC(C4)C2)C3)cc1Cl. The maximum Gasteiger partial charge on any atom is 0.257 e. The summed E-state index contributed by atoms with van der Waals surface area (Å²) in [6, 6.07) is 3.07. The van der Waals surface area contributed by atoms with Gasteiger partial charge in [-0.1, -0.05) is 23.2 Å². The standard InChI is InChI=1S/C19H22Cl2N2O2S/c1-25-16-14(20)5-13(6-15(16)21)17(24)22-18(26)23-19-7-10-2-11(8-19)4-12(3-10)9-19/h5-6,10-12H,2-4,7-9H2,1H3,(H2,22,23,24,26). The van der Waals surface area contributed by atoms with Crippen LogP contribution in [0, 0.1) is 17.8 Å². The first-order chi connectivity index (χ1) is 12.4. The Morgan fingerprint density at radius 3 is 2.08 bits per heavy atom. The van der Waals surface area contributed by atoms with E-state index >= 15 is 0 Å². The molecular formula is C19H22Cl2N2O2S. The molecule has 0 atom stereocenters. The van der Waals surface area contributed by atoms with Gasteiger partial charge in [-0.3, -0.25) is 10.1 Å². The van der Waals surface area contributed by atoms with Crippen molar-refractivity contribution in [3.63, 3.8) is 0 Å². The molecule has 0 aromatic heterocycles. The lowest BCUT2D eigenvalue weighted by atomic mass is 9.53. The van der Waals surface area contributed by atoms with Crippen LogP contribution in [0.1, 0.15) is 48.9 Å². The van der Waals surface area contributed by atoms with Crippen molar-refractivity contribution < 1.29 is 9.53 Å². The predicted molar refractivity (Wildman–Crippen MR) is 107 cm³/mol. The lowest BCUT2D eigenvalue weighted by Crippen LogP contribution is -2.61. The van der Waals surface area contributed by atoms with Crippen molar-refractivity contribution in [1.82, 2.24) is 10.6 Å². The highest BCUT2D eigenvalue weighted by Crippen LogP contribution is 2.55. The highest BCUT2D eigenvalue weighted by molar-refractivity contribution is 7.80. The molecule has 0 heterocycles. The van der Waals surface area contributed by atoms with Gasteiger partial charge in [-0.15, -0.1) is 0 Å². The van der Waals surface area contributed by atoms with Crippen molar-refractivity contribution in [3.05, 3.63) is 27.7 Å². The largest absolute Gasteiger partial charge is 0.494 e. The molecule has 4 bridgehead atoms. The average Bonchev–Trinajstić information content (AvgIpc) is 2.52. The Labute approximate surface area is 168 Å². The fourth-order valence-corrected chi connectivity index (χ4v) is 6.55. The van der Waals surface area contributed by atoms with Crippen LogP contribution in [0.5, 0.6) is 5.75 Å². The third kappa shape index (κ3) is 3.41. The second-order valence-electron chi connectivity index (χ2n) is 8.08. The minimum Gasteiger partial charge on any atom is -0.494 e. The van der Waals surface area contributed by atoms with Gasteiger partial charge in [0.15, 0.2) is 10.9 Å². The molecular weight excluding hydrogens is 391 g/mol. The van der Waals surface area contributed by atoms with Crippen LogP contribution in [-0.4, -0.2) is 23.7 Å². The minimum atomic E-state index is -0.321. The van der Waals surface area contributed by atoms with Gasteiger partial charge in [-0.2, -0.15) is 0 Å². The smallest absolute Gasteiger partial charge is 0.257 e. The Hall–Kier alpha value is -1.04. The Balaban J connectivity index is 1.43. The molecule has 0 spiro atoms. The van der Waals surface area contributed by atoms with Crippen LogP contribution < -0.4 is 15.4 Å². The molecule has 2 N–H and O–H groups in total. The number of hydrogen-bond donors (Lipinski definition) is 2. The molecule has 26 heavy (non-hydrogen) atoms. The third-order valence-corrected chi connectivity index (χ3v) is 6.87. The summed E-state index contributed by atoms with van der Waals surface area (Å²) in [6.45, 7) is 0. The summed E-state index contributed by atoms with van der Waals surface area (Å²) in [4.78, 5) is 12.5. The summed E-state index contributed by atoms with van der Waals surface area (Å²) in [5.74, 6) is 2.47. The molecule has 4 fully saturated rings. The van der Waals surface area contributed by atoms with E-state index < -0.39 is 0 Å². The van der Waals surface area contributed by atoms with E-state index in [1.165, 1.54) is 38.5 Å². The molecule has 4 aliphatic rings. The minimum absolute atomic E-state index is 0.0638. The Kier molecular flexibility index (Phi) is 4.82. The number of thiocarbonyl (C=S) groups is 1. The zero-order valence-electron chi connectivity index (χ0n) is 14.6. The van der Waals surface area contributed by atoms with Crippen LogP contribution in [0.3, 0.4) is 0 Å². The summed E-state index contributed by atoms with van der Waals surface area (Å²) >= 11 is 17.7. The molecule has 0 radical (unpaired) electrons. The number of ether oxygens (including phenoxy) is 1. The number of carbonyl (C=O) groups is 1. The molecule has 4 nitrogen and oxygen atoms in total. The van der Waals surface area contributed by atoms with E-state index in [0.717, 1.165) is 37.0 Å². The van der Waals surface area contributed by atoms with Crippen LogP contribution in [-0.2, 0) is 0 Å². The molecule has 140 valence electrons. The fraction of sp³-hybridized carbons (Fsp3) is 0.579. The second kappa shape index (κ2) is 6.84. The topological polar surface area (TPSA) is 50.4 Å². The Bertz CT molecular complexity index is 710. The van der Waals surface area contributed by atoms with Crippen LogP contribution in [0.4, 0.5) is 0 Å². The number of carbonyl (C=O) groups excluding carboxylic acids is 1. The van der Waals surface area contributed by atoms with Crippen LogP contribution >= 0.6 is 35.4 Å². The normalized spacial score (nSPS) is 31.6. The van der Waals surface area contributed by atoms with Gasteiger partial charge in [0, 0.05) is 11.1 Å². The number of halogens is 2. The van der Waals surface area contributed by atoms with Crippen LogP contribution in [0.15, 0.2) is 12.1 Å². The van der Waals surface area contributed by atoms with Gasteiger partial charge in [0.25, 0.3) is 5.91 Å². The monoisotopic (exact) mass is 412 g/mol. The molecule has 7 heteroatoms. The van der Waals surface area contributed by atoms with Gasteiger partial charge >= 0.3 is 0 Å². The number of hydrogen-bond acceptors (Lipinski definition) is 3. The first kappa shape index (κ1) is 18.3. The van der Waals surface area contributed by atoms with Gasteiger partial charge in [0.1, 0.15) is 0 Å². The number of nitrogens with one attached hydrogen (secondary N) is 2. The van der Waals surface area contributed by atoms with Crippen molar-refractivity contribution >= 4 is 46.4 Å². The molecule has 5 rings (SSSR count). The zero-order chi connectivity index (χ0) is 18.5. The first-order valence-corrected chi connectivity index (χ1v) is 10.2. The van der Waals surface area contributed by atoms with Gasteiger partial charge in [-0.05, 0) is 80.6 Å². The summed E-state index contributed by atoms with van der Waals surface area (Å²) in [5.41, 5.74) is 0.421. The highest BCUT2D eigenvalue weighted by atomic mass is 35.5. The molecule has 1 amide bonds. The zero-order valence-corrected chi connectivity index (χ0v) is 16.9. The van der Waals surface area contributed by atoms with Crippen molar-refractivity contribution in [3.8, 4) is 5.75 Å². The first-order valence-electron chi connectivity index (χ1n) is 9.04. The van der Waals surface area contributed by atoms with E-state index in [4.69, 9.17) is 40.2 Å². The number of rotatable bonds is 3. The summed E-state index contributed by atoms with van der Waals surface area (Å²) < 4.78 is 5.12. The lowest BCUT2D eigenvalue weighted by molar-refractivity contribution is -0.0101. The summed E-state index contributed by atoms with van der Waals surface area (Å²) in [5, 5.41) is 7.25. The van der Waals surface area contributed by atoms with Crippen molar-refractivity contribution in [2.45, 2.75) is 44.1 Å². The molecule has 1 aromatic rings.